The smallest absolute Gasteiger partial charge is 0.258 e. The molecular weight excluding hydrogens is 252 g/mol. The second-order valence-electron chi connectivity index (χ2n) is 2.52. The van der Waals surface area contributed by atoms with Crippen LogP contribution in [0.5, 0.6) is 0 Å². The number of rotatable bonds is 2. The highest BCUT2D eigenvalue weighted by molar-refractivity contribution is 9.10. The van der Waals surface area contributed by atoms with E-state index in [0.29, 0.717) is 10.0 Å². The molecule has 1 aromatic rings. The average molecular weight is 257 g/mol. The van der Waals surface area contributed by atoms with Crippen molar-refractivity contribution < 1.29 is 9.72 Å². The first-order valence-corrected chi connectivity index (χ1v) is 4.38. The highest BCUT2D eigenvalue weighted by Crippen LogP contribution is 2.37. The molecule has 1 aromatic carbocycles. The van der Waals surface area contributed by atoms with Gasteiger partial charge in [0.1, 0.15) is 0 Å². The van der Waals surface area contributed by atoms with E-state index in [4.69, 9.17) is 0 Å². The number of nitro benzene ring substituents is 1. The van der Waals surface area contributed by atoms with Crippen molar-refractivity contribution in [2.24, 2.45) is 4.99 Å². The summed E-state index contributed by atoms with van der Waals surface area (Å²) < 4.78 is 0.401. The van der Waals surface area contributed by atoms with Crippen molar-refractivity contribution in [3.05, 3.63) is 32.3 Å². The largest absolute Gasteiger partial charge is 0.299 e. The van der Waals surface area contributed by atoms with Crippen LogP contribution in [0.4, 0.5) is 11.4 Å². The minimum absolute atomic E-state index is 0.00463. The molecule has 0 aliphatic rings. The van der Waals surface area contributed by atoms with Gasteiger partial charge >= 0.3 is 0 Å². The van der Waals surface area contributed by atoms with Gasteiger partial charge in [-0.3, -0.25) is 10.1 Å². The zero-order valence-electron chi connectivity index (χ0n) is 7.15. The molecule has 0 aromatic heterocycles. The van der Waals surface area contributed by atoms with Gasteiger partial charge in [0.05, 0.1) is 9.40 Å². The van der Waals surface area contributed by atoms with Crippen LogP contribution in [0.2, 0.25) is 0 Å². The predicted octanol–water partition coefficient (Wildman–Crippen LogP) is 2.63. The van der Waals surface area contributed by atoms with Crippen LogP contribution < -0.4 is 0 Å². The molecule has 14 heavy (non-hydrogen) atoms. The maximum absolute atomic E-state index is 10.7. The van der Waals surface area contributed by atoms with Crippen LogP contribution in [-0.2, 0) is 4.79 Å². The van der Waals surface area contributed by atoms with Crippen molar-refractivity contribution in [1.82, 2.24) is 0 Å². The van der Waals surface area contributed by atoms with Crippen LogP contribution in [0.25, 0.3) is 0 Å². The number of aryl methyl sites for hydroxylation is 1. The molecule has 0 bridgehead atoms. The Morgan fingerprint density at radius 2 is 2.21 bits per heavy atom. The lowest BCUT2D eigenvalue weighted by Crippen LogP contribution is -1.92. The van der Waals surface area contributed by atoms with Crippen molar-refractivity contribution in [3.8, 4) is 0 Å². The Balaban J connectivity index is 3.57. The van der Waals surface area contributed by atoms with Gasteiger partial charge in [-0.05, 0) is 28.9 Å². The van der Waals surface area contributed by atoms with E-state index in [1.807, 2.05) is 0 Å². The van der Waals surface area contributed by atoms with E-state index in [0.717, 1.165) is 0 Å². The number of nitrogens with zero attached hydrogens (tertiary/aromatic N) is 2. The van der Waals surface area contributed by atoms with Crippen LogP contribution in [0.1, 0.15) is 5.56 Å². The second-order valence-corrected chi connectivity index (χ2v) is 3.38. The minimum atomic E-state index is -0.573. The van der Waals surface area contributed by atoms with Crippen molar-refractivity contribution in [2.45, 2.75) is 6.92 Å². The maximum Gasteiger partial charge on any atom is 0.299 e. The van der Waals surface area contributed by atoms with Gasteiger partial charge in [-0.1, -0.05) is 6.07 Å². The lowest BCUT2D eigenvalue weighted by molar-refractivity contribution is -0.384. The fourth-order valence-corrected chi connectivity index (χ4v) is 1.45. The van der Waals surface area contributed by atoms with Crippen LogP contribution in [0.3, 0.4) is 0 Å². The summed E-state index contributed by atoms with van der Waals surface area (Å²) in [6.07, 6.45) is 1.29. The SMILES string of the molecule is Cc1ccc(Br)c(N=C=O)c1[N+](=O)[O-]. The van der Waals surface area contributed by atoms with Gasteiger partial charge in [0.2, 0.25) is 6.08 Å². The number of hydrogen-bond acceptors (Lipinski definition) is 4. The zero-order chi connectivity index (χ0) is 10.7. The summed E-state index contributed by atoms with van der Waals surface area (Å²) >= 11 is 3.07. The van der Waals surface area contributed by atoms with Crippen LogP contribution in [-0.4, -0.2) is 11.0 Å². The number of hydrogen-bond donors (Lipinski definition) is 0. The third kappa shape index (κ3) is 1.86. The van der Waals surface area contributed by atoms with Gasteiger partial charge in [0, 0.05) is 5.56 Å². The molecule has 72 valence electrons. The summed E-state index contributed by atoms with van der Waals surface area (Å²) in [7, 11) is 0. The number of benzene rings is 1. The lowest BCUT2D eigenvalue weighted by Gasteiger charge is -2.01. The van der Waals surface area contributed by atoms with Gasteiger partial charge in [-0.25, -0.2) is 4.79 Å². The molecule has 0 aliphatic carbocycles. The molecular formula is C8H5BrN2O3. The summed E-state index contributed by atoms with van der Waals surface area (Å²) in [5.74, 6) is 0. The second kappa shape index (κ2) is 4.13. The number of halogens is 1. The van der Waals surface area contributed by atoms with Crippen LogP contribution in [0.15, 0.2) is 21.6 Å². The van der Waals surface area contributed by atoms with Crippen LogP contribution >= 0.6 is 15.9 Å². The van der Waals surface area contributed by atoms with E-state index < -0.39 is 4.92 Å². The molecule has 0 fully saturated rings. The first-order chi connectivity index (χ1) is 6.57. The molecule has 1 rings (SSSR count). The Labute approximate surface area is 87.7 Å². The minimum Gasteiger partial charge on any atom is -0.258 e. The molecule has 0 unspecified atom stereocenters. The van der Waals surface area contributed by atoms with E-state index in [1.54, 1.807) is 19.1 Å². The predicted molar refractivity (Wildman–Crippen MR) is 53.3 cm³/mol. The lowest BCUT2D eigenvalue weighted by atomic mass is 10.2. The molecule has 5 nitrogen and oxygen atoms in total. The van der Waals surface area contributed by atoms with Crippen molar-refractivity contribution in [2.75, 3.05) is 0 Å². The Bertz CT molecular complexity index is 411. The molecule has 0 radical (unpaired) electrons. The highest BCUT2D eigenvalue weighted by atomic mass is 79.9. The van der Waals surface area contributed by atoms with Gasteiger partial charge in [0.25, 0.3) is 5.69 Å². The first kappa shape index (κ1) is 10.6. The summed E-state index contributed by atoms with van der Waals surface area (Å²) in [5.41, 5.74) is 0.278. The van der Waals surface area contributed by atoms with Gasteiger partial charge in [-0.2, -0.15) is 4.99 Å². The summed E-state index contributed by atoms with van der Waals surface area (Å²) in [6.45, 7) is 1.58. The Morgan fingerprint density at radius 3 is 2.71 bits per heavy atom. The van der Waals surface area contributed by atoms with E-state index in [-0.39, 0.29) is 11.4 Å². The number of aliphatic imine (C=N–C) groups is 1. The zero-order valence-corrected chi connectivity index (χ0v) is 8.74. The van der Waals surface area contributed by atoms with Crippen molar-refractivity contribution in [3.63, 3.8) is 0 Å². The summed E-state index contributed by atoms with van der Waals surface area (Å²) in [6, 6.07) is 3.17. The third-order valence-corrected chi connectivity index (χ3v) is 2.28. The monoisotopic (exact) mass is 256 g/mol. The van der Waals surface area contributed by atoms with Gasteiger partial charge < -0.3 is 0 Å². The molecule has 0 saturated heterocycles. The van der Waals surface area contributed by atoms with E-state index >= 15 is 0 Å². The molecule has 0 heterocycles. The Hall–Kier alpha value is -1.52. The fraction of sp³-hybridized carbons (Fsp3) is 0.125. The maximum atomic E-state index is 10.7. The van der Waals surface area contributed by atoms with Crippen molar-refractivity contribution >= 4 is 33.4 Å². The van der Waals surface area contributed by atoms with Gasteiger partial charge in [-0.15, -0.1) is 0 Å². The highest BCUT2D eigenvalue weighted by Gasteiger charge is 2.19. The summed E-state index contributed by atoms with van der Waals surface area (Å²) in [4.78, 5) is 23.5. The molecule has 0 N–H and O–H groups in total. The number of carbonyl (C=O) groups excluding carboxylic acids is 1. The summed E-state index contributed by atoms with van der Waals surface area (Å²) in [5, 5.41) is 10.7. The molecule has 0 spiro atoms. The van der Waals surface area contributed by atoms with Crippen LogP contribution in [0, 0.1) is 17.0 Å². The average Bonchev–Trinajstić information content (AvgIpc) is 2.11. The number of isocyanates is 1. The normalized spacial score (nSPS) is 9.29. The van der Waals surface area contributed by atoms with E-state index in [2.05, 4.69) is 20.9 Å². The fourth-order valence-electron chi connectivity index (χ4n) is 1.04. The molecule has 6 heteroatoms. The van der Waals surface area contributed by atoms with Crippen molar-refractivity contribution in [1.29, 1.82) is 0 Å². The van der Waals surface area contributed by atoms with E-state index in [1.165, 1.54) is 6.08 Å². The third-order valence-electron chi connectivity index (χ3n) is 1.64. The number of nitro groups is 1. The molecule has 0 aliphatic heterocycles. The topological polar surface area (TPSA) is 72.6 Å². The first-order valence-electron chi connectivity index (χ1n) is 3.59. The van der Waals surface area contributed by atoms with E-state index in [9.17, 15) is 14.9 Å². The standard InChI is InChI=1S/C8H5BrN2O3/c1-5-2-3-6(9)7(10-4-12)8(5)11(13)14/h2-3H,1H3. The quantitative estimate of drug-likeness (QED) is 0.354. The Morgan fingerprint density at radius 1 is 1.57 bits per heavy atom. The Kier molecular flexibility index (Phi) is 3.11. The van der Waals surface area contributed by atoms with Gasteiger partial charge in [0.15, 0.2) is 5.69 Å². The molecule has 0 saturated carbocycles. The molecule has 0 amide bonds. The molecule has 0 atom stereocenters.